The number of hydrogen-bond acceptors (Lipinski definition) is 4. The van der Waals surface area contributed by atoms with Crippen LogP contribution >= 0.6 is 0 Å². The predicted molar refractivity (Wildman–Crippen MR) is 69.0 cm³/mol. The van der Waals surface area contributed by atoms with Gasteiger partial charge in [-0.2, -0.15) is 0 Å². The minimum atomic E-state index is -0.773. The maximum atomic E-state index is 12.2. The maximum absolute atomic E-state index is 12.2. The third kappa shape index (κ3) is 2.44. The van der Waals surface area contributed by atoms with Crippen LogP contribution in [-0.4, -0.2) is 39.5 Å². The van der Waals surface area contributed by atoms with Crippen molar-refractivity contribution < 1.29 is 14.8 Å². The van der Waals surface area contributed by atoms with Gasteiger partial charge in [-0.1, -0.05) is 6.92 Å². The first kappa shape index (κ1) is 13.5. The molecule has 19 heavy (non-hydrogen) atoms. The van der Waals surface area contributed by atoms with Crippen molar-refractivity contribution in [2.75, 3.05) is 13.1 Å². The second-order valence-corrected chi connectivity index (χ2v) is 5.00. The summed E-state index contributed by atoms with van der Waals surface area (Å²) in [6.07, 6.45) is 0.607. The van der Waals surface area contributed by atoms with Crippen molar-refractivity contribution >= 4 is 11.6 Å². The van der Waals surface area contributed by atoms with E-state index in [1.807, 2.05) is 6.92 Å². The van der Waals surface area contributed by atoms with Crippen molar-refractivity contribution in [3.05, 3.63) is 39.4 Å². The minimum absolute atomic E-state index is 0.0253. The largest absolute Gasteiger partial charge is 0.386 e. The Kier molecular flexibility index (Phi) is 3.28. The summed E-state index contributed by atoms with van der Waals surface area (Å²) in [6, 6.07) is 4.18. The van der Waals surface area contributed by atoms with Gasteiger partial charge < -0.3 is 10.0 Å². The molecule has 1 aliphatic rings. The smallest absolute Gasteiger partial charge is 0.269 e. The number of benzene rings is 1. The number of nitrogens with zero attached hydrogens (tertiary/aromatic N) is 2. The number of hydrogen-bond donors (Lipinski definition) is 1. The zero-order valence-corrected chi connectivity index (χ0v) is 10.9. The summed E-state index contributed by atoms with van der Waals surface area (Å²) in [5.74, 6) is -0.189. The number of nitro benzene ring substituents is 1. The van der Waals surface area contributed by atoms with E-state index >= 15 is 0 Å². The Morgan fingerprint density at radius 3 is 2.63 bits per heavy atom. The molecule has 2 rings (SSSR count). The molecule has 0 aromatic heterocycles. The molecule has 0 aliphatic carbocycles. The van der Waals surface area contributed by atoms with Gasteiger partial charge in [0.2, 0.25) is 0 Å². The summed E-state index contributed by atoms with van der Waals surface area (Å²) in [5, 5.41) is 20.5. The van der Waals surface area contributed by atoms with E-state index in [1.165, 1.54) is 18.2 Å². The van der Waals surface area contributed by atoms with E-state index in [1.54, 1.807) is 11.8 Å². The Morgan fingerprint density at radius 1 is 1.53 bits per heavy atom. The van der Waals surface area contributed by atoms with E-state index in [0.29, 0.717) is 30.6 Å². The van der Waals surface area contributed by atoms with Gasteiger partial charge >= 0.3 is 0 Å². The van der Waals surface area contributed by atoms with Gasteiger partial charge in [0, 0.05) is 17.7 Å². The average Bonchev–Trinajstić information content (AvgIpc) is 2.34. The highest BCUT2D eigenvalue weighted by Gasteiger charge is 2.42. The number of non-ortho nitro benzene ring substituents is 1. The molecule has 1 amide bonds. The van der Waals surface area contributed by atoms with E-state index in [9.17, 15) is 20.0 Å². The lowest BCUT2D eigenvalue weighted by Gasteiger charge is -2.46. The van der Waals surface area contributed by atoms with Crippen LogP contribution in [0.1, 0.15) is 29.3 Å². The Balaban J connectivity index is 2.15. The molecule has 0 unspecified atom stereocenters. The molecule has 1 N–H and O–H groups in total. The molecule has 1 aromatic carbocycles. The van der Waals surface area contributed by atoms with Crippen LogP contribution in [0.4, 0.5) is 5.69 Å². The van der Waals surface area contributed by atoms with Gasteiger partial charge in [0.1, 0.15) is 0 Å². The van der Waals surface area contributed by atoms with E-state index in [-0.39, 0.29) is 11.6 Å². The summed E-state index contributed by atoms with van der Waals surface area (Å²) in [4.78, 5) is 23.9. The van der Waals surface area contributed by atoms with E-state index in [0.717, 1.165) is 0 Å². The number of aliphatic hydroxyl groups is 1. The number of carbonyl (C=O) groups is 1. The number of likely N-dealkylation sites (tertiary alicyclic amines) is 1. The topological polar surface area (TPSA) is 83.7 Å². The number of nitro groups is 1. The molecule has 102 valence electrons. The van der Waals surface area contributed by atoms with E-state index < -0.39 is 10.5 Å². The van der Waals surface area contributed by atoms with Crippen molar-refractivity contribution in [3.63, 3.8) is 0 Å². The molecule has 0 bridgehead atoms. The monoisotopic (exact) mass is 264 g/mol. The van der Waals surface area contributed by atoms with Crippen LogP contribution < -0.4 is 0 Å². The van der Waals surface area contributed by atoms with Crippen LogP contribution in [0, 0.1) is 17.0 Å². The molecule has 0 spiro atoms. The highest BCUT2D eigenvalue weighted by atomic mass is 16.6. The summed E-state index contributed by atoms with van der Waals surface area (Å²) >= 11 is 0. The number of rotatable bonds is 3. The van der Waals surface area contributed by atoms with Crippen molar-refractivity contribution in [1.29, 1.82) is 0 Å². The van der Waals surface area contributed by atoms with Gasteiger partial charge in [0.15, 0.2) is 0 Å². The standard InChI is InChI=1S/C13H16N2O4/c1-3-13(17)7-14(8-13)12(16)11-5-4-10(15(18)19)6-9(11)2/h4-6,17H,3,7-8H2,1-2H3. The summed E-state index contributed by atoms with van der Waals surface area (Å²) < 4.78 is 0. The quantitative estimate of drug-likeness (QED) is 0.662. The third-order valence-corrected chi connectivity index (χ3v) is 3.57. The van der Waals surface area contributed by atoms with Crippen LogP contribution in [0.25, 0.3) is 0 Å². The van der Waals surface area contributed by atoms with Crippen LogP contribution in [0.5, 0.6) is 0 Å². The lowest BCUT2D eigenvalue weighted by atomic mass is 9.90. The number of amides is 1. The maximum Gasteiger partial charge on any atom is 0.269 e. The van der Waals surface area contributed by atoms with Crippen molar-refractivity contribution in [1.82, 2.24) is 4.90 Å². The SMILES string of the molecule is CCC1(O)CN(C(=O)c2ccc([N+](=O)[O-])cc2C)C1. The lowest BCUT2D eigenvalue weighted by Crippen LogP contribution is -2.63. The molecule has 0 atom stereocenters. The molecule has 6 heteroatoms. The first-order chi connectivity index (χ1) is 8.86. The molecule has 0 saturated carbocycles. The normalized spacial score (nSPS) is 16.9. The summed E-state index contributed by atoms with van der Waals surface area (Å²) in [6.45, 7) is 4.18. The van der Waals surface area contributed by atoms with Gasteiger partial charge in [-0.05, 0) is 25.0 Å². The van der Waals surface area contributed by atoms with Crippen LogP contribution in [0.15, 0.2) is 18.2 Å². The van der Waals surface area contributed by atoms with Gasteiger partial charge in [0.05, 0.1) is 23.6 Å². The fourth-order valence-electron chi connectivity index (χ4n) is 2.20. The first-order valence-corrected chi connectivity index (χ1v) is 6.13. The molecular formula is C13H16N2O4. The van der Waals surface area contributed by atoms with Gasteiger partial charge in [-0.25, -0.2) is 0 Å². The Hall–Kier alpha value is -1.95. The molecule has 1 fully saturated rings. The van der Waals surface area contributed by atoms with Crippen LogP contribution in [0.3, 0.4) is 0 Å². The van der Waals surface area contributed by atoms with Gasteiger partial charge in [0.25, 0.3) is 11.6 Å². The number of β-amino-alcohol motifs (C(OH)–C–C–N with tert-alkyl or cyclic N) is 1. The zero-order chi connectivity index (χ0) is 14.2. The minimum Gasteiger partial charge on any atom is -0.386 e. The Morgan fingerprint density at radius 2 is 2.16 bits per heavy atom. The molecule has 1 aromatic rings. The fraction of sp³-hybridized carbons (Fsp3) is 0.462. The van der Waals surface area contributed by atoms with E-state index in [4.69, 9.17) is 0 Å². The average molecular weight is 264 g/mol. The van der Waals surface area contributed by atoms with Crippen molar-refractivity contribution in [2.24, 2.45) is 0 Å². The Labute approximate surface area is 110 Å². The molecular weight excluding hydrogens is 248 g/mol. The fourth-order valence-corrected chi connectivity index (χ4v) is 2.20. The van der Waals surface area contributed by atoms with Crippen LogP contribution in [0.2, 0.25) is 0 Å². The lowest BCUT2D eigenvalue weighted by molar-refractivity contribution is -0.384. The van der Waals surface area contributed by atoms with Crippen molar-refractivity contribution in [3.8, 4) is 0 Å². The zero-order valence-electron chi connectivity index (χ0n) is 10.9. The molecule has 1 heterocycles. The van der Waals surface area contributed by atoms with Gasteiger partial charge in [-0.15, -0.1) is 0 Å². The molecule has 1 aliphatic heterocycles. The second kappa shape index (κ2) is 4.62. The summed E-state index contributed by atoms with van der Waals surface area (Å²) in [5.41, 5.74) is 0.224. The van der Waals surface area contributed by atoms with Crippen LogP contribution in [-0.2, 0) is 0 Å². The molecule has 0 radical (unpaired) electrons. The molecule has 6 nitrogen and oxygen atoms in total. The summed E-state index contributed by atoms with van der Waals surface area (Å²) in [7, 11) is 0. The van der Waals surface area contributed by atoms with Gasteiger partial charge in [-0.3, -0.25) is 14.9 Å². The highest BCUT2D eigenvalue weighted by Crippen LogP contribution is 2.27. The number of carbonyl (C=O) groups excluding carboxylic acids is 1. The third-order valence-electron chi connectivity index (χ3n) is 3.57. The number of aryl methyl sites for hydroxylation is 1. The Bertz CT molecular complexity index is 535. The molecule has 1 saturated heterocycles. The predicted octanol–water partition coefficient (Wildman–Crippen LogP) is 1.50. The second-order valence-electron chi connectivity index (χ2n) is 5.00. The van der Waals surface area contributed by atoms with E-state index in [2.05, 4.69) is 0 Å². The first-order valence-electron chi connectivity index (χ1n) is 6.13. The highest BCUT2D eigenvalue weighted by molar-refractivity contribution is 5.96. The van der Waals surface area contributed by atoms with Crippen molar-refractivity contribution in [2.45, 2.75) is 25.9 Å².